The predicted molar refractivity (Wildman–Crippen MR) is 64.0 cm³/mol. The lowest BCUT2D eigenvalue weighted by Crippen LogP contribution is -2.28. The van der Waals surface area contributed by atoms with Crippen LogP contribution in [0.2, 0.25) is 0 Å². The standard InChI is InChI=1S/C13H14N2O2/c14-8-3-9-15(10-6-7-10)12-5-2-1-4-11(12)13(16)17/h1-2,4-5,10H,3,6-7,9H2,(H,16,17). The molecule has 0 aromatic heterocycles. The number of benzene rings is 1. The molecule has 17 heavy (non-hydrogen) atoms. The molecule has 0 radical (unpaired) electrons. The minimum Gasteiger partial charge on any atom is -0.478 e. The highest BCUT2D eigenvalue weighted by Gasteiger charge is 2.30. The number of nitrogens with zero attached hydrogens (tertiary/aromatic N) is 2. The topological polar surface area (TPSA) is 64.3 Å². The van der Waals surface area contributed by atoms with E-state index < -0.39 is 5.97 Å². The van der Waals surface area contributed by atoms with Crippen LogP contribution in [0.5, 0.6) is 0 Å². The van der Waals surface area contributed by atoms with E-state index in [1.54, 1.807) is 12.1 Å². The number of para-hydroxylation sites is 1. The number of aromatic carboxylic acids is 1. The Morgan fingerprint density at radius 3 is 2.76 bits per heavy atom. The van der Waals surface area contributed by atoms with E-state index in [0.29, 0.717) is 24.6 Å². The van der Waals surface area contributed by atoms with Crippen LogP contribution in [0, 0.1) is 11.3 Å². The van der Waals surface area contributed by atoms with Crippen molar-refractivity contribution < 1.29 is 9.90 Å². The van der Waals surface area contributed by atoms with Gasteiger partial charge in [0.05, 0.1) is 23.7 Å². The normalized spacial score (nSPS) is 14.1. The Morgan fingerprint density at radius 1 is 1.47 bits per heavy atom. The maximum Gasteiger partial charge on any atom is 0.337 e. The van der Waals surface area contributed by atoms with Gasteiger partial charge in [0.15, 0.2) is 0 Å². The van der Waals surface area contributed by atoms with Crippen LogP contribution in [0.3, 0.4) is 0 Å². The molecule has 2 rings (SSSR count). The van der Waals surface area contributed by atoms with Crippen molar-refractivity contribution in [3.05, 3.63) is 29.8 Å². The largest absolute Gasteiger partial charge is 0.478 e. The number of rotatable bonds is 5. The van der Waals surface area contributed by atoms with Gasteiger partial charge in [0, 0.05) is 12.6 Å². The molecule has 1 N–H and O–H groups in total. The minimum atomic E-state index is -0.914. The lowest BCUT2D eigenvalue weighted by molar-refractivity contribution is 0.0697. The number of nitriles is 1. The number of anilines is 1. The van der Waals surface area contributed by atoms with Crippen LogP contribution in [0.15, 0.2) is 24.3 Å². The van der Waals surface area contributed by atoms with E-state index in [2.05, 4.69) is 6.07 Å². The molecule has 0 bridgehead atoms. The van der Waals surface area contributed by atoms with Crippen LogP contribution in [0.4, 0.5) is 5.69 Å². The van der Waals surface area contributed by atoms with Crippen LogP contribution in [0.25, 0.3) is 0 Å². The van der Waals surface area contributed by atoms with Gasteiger partial charge in [0.25, 0.3) is 0 Å². The van der Waals surface area contributed by atoms with E-state index in [4.69, 9.17) is 10.4 Å². The van der Waals surface area contributed by atoms with Gasteiger partial charge in [0.1, 0.15) is 0 Å². The molecule has 0 aliphatic heterocycles. The predicted octanol–water partition coefficient (Wildman–Crippen LogP) is 2.27. The van der Waals surface area contributed by atoms with Gasteiger partial charge in [0.2, 0.25) is 0 Å². The quantitative estimate of drug-likeness (QED) is 0.842. The molecule has 0 heterocycles. The lowest BCUT2D eigenvalue weighted by atomic mass is 10.1. The molecule has 1 aliphatic carbocycles. The first-order chi connectivity index (χ1) is 8.24. The highest BCUT2D eigenvalue weighted by atomic mass is 16.4. The van der Waals surface area contributed by atoms with Gasteiger partial charge >= 0.3 is 5.97 Å². The summed E-state index contributed by atoms with van der Waals surface area (Å²) in [6.45, 7) is 0.603. The molecule has 4 heteroatoms. The van der Waals surface area contributed by atoms with Crippen molar-refractivity contribution in [1.29, 1.82) is 5.26 Å². The fourth-order valence-corrected chi connectivity index (χ4v) is 1.96. The number of hydrogen-bond acceptors (Lipinski definition) is 3. The molecule has 0 atom stereocenters. The zero-order chi connectivity index (χ0) is 12.3. The second kappa shape index (κ2) is 4.88. The van der Waals surface area contributed by atoms with Crippen molar-refractivity contribution >= 4 is 11.7 Å². The maximum absolute atomic E-state index is 11.2. The monoisotopic (exact) mass is 230 g/mol. The third-order valence-corrected chi connectivity index (χ3v) is 2.90. The molecular weight excluding hydrogens is 216 g/mol. The van der Waals surface area contributed by atoms with Crippen molar-refractivity contribution in [3.8, 4) is 6.07 Å². The zero-order valence-corrected chi connectivity index (χ0v) is 9.47. The molecule has 1 aromatic carbocycles. The van der Waals surface area contributed by atoms with Gasteiger partial charge in [-0.3, -0.25) is 0 Å². The molecule has 88 valence electrons. The van der Waals surface area contributed by atoms with E-state index in [9.17, 15) is 4.79 Å². The van der Waals surface area contributed by atoms with Gasteiger partial charge in [-0.15, -0.1) is 0 Å². The van der Waals surface area contributed by atoms with Crippen molar-refractivity contribution in [2.75, 3.05) is 11.4 Å². The summed E-state index contributed by atoms with van der Waals surface area (Å²) in [5.74, 6) is -0.914. The first kappa shape index (κ1) is 11.5. The molecule has 0 saturated heterocycles. The van der Waals surface area contributed by atoms with Gasteiger partial charge < -0.3 is 10.0 Å². The van der Waals surface area contributed by atoms with E-state index in [1.165, 1.54) is 0 Å². The zero-order valence-electron chi connectivity index (χ0n) is 9.47. The van der Waals surface area contributed by atoms with Crippen LogP contribution in [0.1, 0.15) is 29.6 Å². The Morgan fingerprint density at radius 2 is 2.18 bits per heavy atom. The third kappa shape index (κ3) is 2.56. The summed E-state index contributed by atoms with van der Waals surface area (Å²) in [6.07, 6.45) is 2.59. The SMILES string of the molecule is N#CCCN(c1ccccc1C(=O)O)C1CC1. The Bertz CT molecular complexity index is 461. The second-order valence-corrected chi connectivity index (χ2v) is 4.15. The van der Waals surface area contributed by atoms with Crippen LogP contribution < -0.4 is 4.90 Å². The fraction of sp³-hybridized carbons (Fsp3) is 0.385. The fourth-order valence-electron chi connectivity index (χ4n) is 1.96. The van der Waals surface area contributed by atoms with Crippen LogP contribution in [-0.4, -0.2) is 23.7 Å². The molecule has 1 aromatic rings. The first-order valence-corrected chi connectivity index (χ1v) is 5.70. The summed E-state index contributed by atoms with van der Waals surface area (Å²) in [5, 5.41) is 17.8. The number of carbonyl (C=O) groups is 1. The molecule has 1 aliphatic rings. The van der Waals surface area contributed by atoms with Crippen LogP contribution >= 0.6 is 0 Å². The van der Waals surface area contributed by atoms with E-state index in [0.717, 1.165) is 18.5 Å². The van der Waals surface area contributed by atoms with Crippen molar-refractivity contribution in [3.63, 3.8) is 0 Å². The van der Waals surface area contributed by atoms with E-state index in [-0.39, 0.29) is 0 Å². The maximum atomic E-state index is 11.2. The van der Waals surface area contributed by atoms with Gasteiger partial charge in [-0.2, -0.15) is 5.26 Å². The summed E-state index contributed by atoms with van der Waals surface area (Å²) >= 11 is 0. The molecule has 0 unspecified atom stereocenters. The summed E-state index contributed by atoms with van der Waals surface area (Å²) in [4.78, 5) is 13.2. The first-order valence-electron chi connectivity index (χ1n) is 5.70. The highest BCUT2D eigenvalue weighted by molar-refractivity contribution is 5.94. The third-order valence-electron chi connectivity index (χ3n) is 2.90. The van der Waals surface area contributed by atoms with Crippen molar-refractivity contribution in [2.45, 2.75) is 25.3 Å². The average Bonchev–Trinajstić information content (AvgIpc) is 3.14. The van der Waals surface area contributed by atoms with Gasteiger partial charge in [-0.05, 0) is 25.0 Å². The summed E-state index contributed by atoms with van der Waals surface area (Å²) in [6, 6.07) is 9.51. The Balaban J connectivity index is 2.29. The Kier molecular flexibility index (Phi) is 3.29. The second-order valence-electron chi connectivity index (χ2n) is 4.15. The smallest absolute Gasteiger partial charge is 0.337 e. The van der Waals surface area contributed by atoms with Crippen molar-refractivity contribution in [2.24, 2.45) is 0 Å². The molecule has 0 spiro atoms. The molecular formula is C13H14N2O2. The number of hydrogen-bond donors (Lipinski definition) is 1. The summed E-state index contributed by atoms with van der Waals surface area (Å²) < 4.78 is 0. The van der Waals surface area contributed by atoms with E-state index in [1.807, 2.05) is 17.0 Å². The average molecular weight is 230 g/mol. The van der Waals surface area contributed by atoms with E-state index >= 15 is 0 Å². The summed E-state index contributed by atoms with van der Waals surface area (Å²) in [7, 11) is 0. The molecule has 1 fully saturated rings. The van der Waals surface area contributed by atoms with Crippen molar-refractivity contribution in [1.82, 2.24) is 0 Å². The summed E-state index contributed by atoms with van der Waals surface area (Å²) in [5.41, 5.74) is 1.05. The molecule has 1 saturated carbocycles. The van der Waals surface area contributed by atoms with Gasteiger partial charge in [-0.1, -0.05) is 12.1 Å². The number of carboxylic acid groups (broad SMARTS) is 1. The molecule has 0 amide bonds. The van der Waals surface area contributed by atoms with Crippen LogP contribution in [-0.2, 0) is 0 Å². The van der Waals surface area contributed by atoms with Gasteiger partial charge in [-0.25, -0.2) is 4.79 Å². The Labute approximate surface area is 100 Å². The molecule has 4 nitrogen and oxygen atoms in total. The lowest BCUT2D eigenvalue weighted by Gasteiger charge is -2.25. The highest BCUT2D eigenvalue weighted by Crippen LogP contribution is 2.33. The Hall–Kier alpha value is -2.02. The minimum absolute atomic E-state index is 0.317. The number of carboxylic acids is 1.